The van der Waals surface area contributed by atoms with Gasteiger partial charge >= 0.3 is 5.97 Å². The molecule has 1 N–H and O–H groups in total. The van der Waals surface area contributed by atoms with Crippen molar-refractivity contribution in [1.29, 1.82) is 0 Å². The van der Waals surface area contributed by atoms with Crippen LogP contribution in [0.5, 0.6) is 5.75 Å². The molecule has 0 saturated carbocycles. The van der Waals surface area contributed by atoms with Gasteiger partial charge in [-0.25, -0.2) is 0 Å². The molecule has 1 aliphatic rings. The van der Waals surface area contributed by atoms with Gasteiger partial charge in [0.1, 0.15) is 11.9 Å². The zero-order valence-corrected chi connectivity index (χ0v) is 15.9. The average molecular weight is 420 g/mol. The molecule has 1 fully saturated rings. The number of esters is 1. The van der Waals surface area contributed by atoms with Crippen LogP contribution in [-0.4, -0.2) is 29.3 Å². The first kappa shape index (κ1) is 18.5. The van der Waals surface area contributed by atoms with Crippen LogP contribution in [0.25, 0.3) is 21.2 Å². The van der Waals surface area contributed by atoms with Crippen molar-refractivity contribution in [3.63, 3.8) is 0 Å². The van der Waals surface area contributed by atoms with Gasteiger partial charge in [0.15, 0.2) is 0 Å². The fourth-order valence-electron chi connectivity index (χ4n) is 3.44. The van der Waals surface area contributed by atoms with Gasteiger partial charge in [0.2, 0.25) is 0 Å². The highest BCUT2D eigenvalue weighted by Gasteiger charge is 2.40. The third-order valence-electron chi connectivity index (χ3n) is 4.50. The number of halogens is 1. The normalized spacial score (nSPS) is 25.5. The quantitative estimate of drug-likeness (QED) is 0.334. The van der Waals surface area contributed by atoms with E-state index < -0.39 is 30.3 Å². The second kappa shape index (κ2) is 7.53. The van der Waals surface area contributed by atoms with Crippen molar-refractivity contribution in [1.82, 2.24) is 0 Å². The number of carbonyl (C=O) groups is 1. The van der Waals surface area contributed by atoms with E-state index in [1.54, 1.807) is 13.0 Å². The Morgan fingerprint density at radius 2 is 2.19 bits per heavy atom. The van der Waals surface area contributed by atoms with Crippen LogP contribution in [0.3, 0.4) is 0 Å². The highest BCUT2D eigenvalue weighted by atomic mass is 79.9. The van der Waals surface area contributed by atoms with Gasteiger partial charge in [0.05, 0.1) is 18.2 Å². The van der Waals surface area contributed by atoms with E-state index in [-0.39, 0.29) is 5.75 Å². The third kappa shape index (κ3) is 3.62. The van der Waals surface area contributed by atoms with Gasteiger partial charge in [-0.1, -0.05) is 33.2 Å². The van der Waals surface area contributed by atoms with E-state index in [4.69, 9.17) is 15.0 Å². The van der Waals surface area contributed by atoms with Crippen LogP contribution in [-0.2, 0) is 14.3 Å². The van der Waals surface area contributed by atoms with E-state index in [1.807, 2.05) is 24.3 Å². The number of phenolic OH excluding ortho intramolecular Hbond substituents is 1. The number of benzene rings is 2. The summed E-state index contributed by atoms with van der Waals surface area (Å²) in [6.45, 7) is 3.07. The number of hydrogen-bond acceptors (Lipinski definition) is 5. The SMILES string of the molecule is CC(=O)OC1C(C)O[C@@H](c2c(O)ccc3cc(Br)ccc23)C[C@@H]1N=[N+]=[N-]. The molecule has 26 heavy (non-hydrogen) atoms. The molecule has 0 spiro atoms. The maximum atomic E-state index is 11.4. The van der Waals surface area contributed by atoms with Crippen LogP contribution in [0.2, 0.25) is 0 Å². The molecule has 7 nitrogen and oxygen atoms in total. The minimum absolute atomic E-state index is 0.114. The van der Waals surface area contributed by atoms with Crippen molar-refractivity contribution in [3.8, 4) is 5.75 Å². The van der Waals surface area contributed by atoms with Crippen molar-refractivity contribution in [2.24, 2.45) is 5.11 Å². The summed E-state index contributed by atoms with van der Waals surface area (Å²) in [4.78, 5) is 14.2. The number of ether oxygens (including phenoxy) is 2. The number of rotatable bonds is 3. The molecular weight excluding hydrogens is 402 g/mol. The fraction of sp³-hybridized carbons (Fsp3) is 0.389. The summed E-state index contributed by atoms with van der Waals surface area (Å²) >= 11 is 3.44. The molecule has 4 atom stereocenters. The molecule has 8 heteroatoms. The smallest absolute Gasteiger partial charge is 0.303 e. The highest BCUT2D eigenvalue weighted by molar-refractivity contribution is 9.10. The van der Waals surface area contributed by atoms with Crippen molar-refractivity contribution >= 4 is 32.7 Å². The maximum absolute atomic E-state index is 11.4. The predicted octanol–water partition coefficient (Wildman–Crippen LogP) is 4.77. The molecule has 2 unspecified atom stereocenters. The molecule has 0 amide bonds. The molecule has 0 aromatic heterocycles. The Morgan fingerprint density at radius 3 is 2.88 bits per heavy atom. The second-order valence-corrected chi connectivity index (χ2v) is 7.19. The van der Waals surface area contributed by atoms with E-state index in [0.717, 1.165) is 15.2 Å². The first-order valence-electron chi connectivity index (χ1n) is 8.18. The minimum Gasteiger partial charge on any atom is -0.508 e. The summed E-state index contributed by atoms with van der Waals surface area (Å²) in [7, 11) is 0. The molecule has 2 aromatic rings. The van der Waals surface area contributed by atoms with Gasteiger partial charge < -0.3 is 14.6 Å². The number of hydrogen-bond donors (Lipinski definition) is 1. The van der Waals surface area contributed by atoms with Gasteiger partial charge in [0.25, 0.3) is 0 Å². The number of nitrogens with zero attached hydrogens (tertiary/aromatic N) is 3. The van der Waals surface area contributed by atoms with Gasteiger partial charge in [-0.05, 0) is 47.8 Å². The first-order chi connectivity index (χ1) is 12.4. The van der Waals surface area contributed by atoms with Gasteiger partial charge in [-0.2, -0.15) is 0 Å². The van der Waals surface area contributed by atoms with Gasteiger partial charge in [-0.15, -0.1) is 0 Å². The van der Waals surface area contributed by atoms with Crippen LogP contribution in [0.4, 0.5) is 0 Å². The highest BCUT2D eigenvalue weighted by Crippen LogP contribution is 2.42. The molecular formula is C18H18BrN3O4. The Morgan fingerprint density at radius 1 is 1.42 bits per heavy atom. The van der Waals surface area contributed by atoms with Crippen LogP contribution >= 0.6 is 15.9 Å². The Kier molecular flexibility index (Phi) is 5.36. The topological polar surface area (TPSA) is 105 Å². The van der Waals surface area contributed by atoms with Crippen molar-refractivity contribution in [3.05, 3.63) is 50.8 Å². The van der Waals surface area contributed by atoms with Gasteiger partial charge in [0, 0.05) is 21.9 Å². The molecule has 0 bridgehead atoms. The van der Waals surface area contributed by atoms with E-state index >= 15 is 0 Å². The molecule has 136 valence electrons. The largest absolute Gasteiger partial charge is 0.508 e. The average Bonchev–Trinajstić information content (AvgIpc) is 2.58. The predicted molar refractivity (Wildman–Crippen MR) is 99.7 cm³/mol. The Labute approximate surface area is 158 Å². The number of fused-ring (bicyclic) bond motifs is 1. The van der Waals surface area contributed by atoms with E-state index in [9.17, 15) is 9.90 Å². The number of phenols is 1. The lowest BCUT2D eigenvalue weighted by molar-refractivity contribution is -0.171. The molecule has 0 aliphatic carbocycles. The van der Waals surface area contributed by atoms with E-state index in [0.29, 0.717) is 12.0 Å². The lowest BCUT2D eigenvalue weighted by Gasteiger charge is -2.38. The minimum atomic E-state index is -0.661. The maximum Gasteiger partial charge on any atom is 0.303 e. The summed E-state index contributed by atoms with van der Waals surface area (Å²) in [5, 5.41) is 16.1. The second-order valence-electron chi connectivity index (χ2n) is 6.28. The molecule has 2 aromatic carbocycles. The summed E-state index contributed by atoms with van der Waals surface area (Å²) in [6.07, 6.45) is -1.34. The van der Waals surface area contributed by atoms with E-state index in [2.05, 4.69) is 26.0 Å². The molecule has 1 saturated heterocycles. The zero-order valence-electron chi connectivity index (χ0n) is 14.3. The number of azide groups is 1. The van der Waals surface area contributed by atoms with Crippen LogP contribution in [0, 0.1) is 0 Å². The lowest BCUT2D eigenvalue weighted by atomic mass is 9.89. The van der Waals surface area contributed by atoms with Crippen LogP contribution < -0.4 is 0 Å². The van der Waals surface area contributed by atoms with Crippen molar-refractivity contribution < 1.29 is 19.4 Å². The zero-order chi connectivity index (χ0) is 18.8. The molecule has 0 radical (unpaired) electrons. The van der Waals surface area contributed by atoms with E-state index in [1.165, 1.54) is 6.92 Å². The Bertz CT molecular complexity index is 897. The Hall–Kier alpha value is -2.28. The lowest BCUT2D eigenvalue weighted by Crippen LogP contribution is -2.45. The summed E-state index contributed by atoms with van der Waals surface area (Å²) < 4.78 is 12.3. The third-order valence-corrected chi connectivity index (χ3v) is 4.99. The fourth-order valence-corrected chi connectivity index (χ4v) is 3.82. The van der Waals surface area contributed by atoms with Crippen molar-refractivity contribution in [2.75, 3.05) is 0 Å². The molecule has 1 heterocycles. The number of aromatic hydroxyl groups is 1. The number of carbonyl (C=O) groups excluding carboxylic acids is 1. The molecule has 3 rings (SSSR count). The first-order valence-corrected chi connectivity index (χ1v) is 8.98. The monoisotopic (exact) mass is 419 g/mol. The van der Waals surface area contributed by atoms with Gasteiger partial charge in [-0.3, -0.25) is 4.79 Å². The summed E-state index contributed by atoms with van der Waals surface area (Å²) in [5.41, 5.74) is 9.53. The molecule has 1 aliphatic heterocycles. The summed E-state index contributed by atoms with van der Waals surface area (Å²) in [5.74, 6) is -0.345. The van der Waals surface area contributed by atoms with Crippen molar-refractivity contribution in [2.45, 2.75) is 44.6 Å². The standard InChI is InChI=1S/C18H18BrN3O4/c1-9-18(26-10(2)23)14(21-22-20)8-16(25-9)17-13-5-4-12(19)7-11(13)3-6-15(17)24/h3-7,9,14,16,18,24H,8H2,1-2H3/t9?,14-,16+,18?/m0/s1. The summed E-state index contributed by atoms with van der Waals surface area (Å²) in [6, 6.07) is 8.63. The Balaban J connectivity index is 2.02. The van der Waals surface area contributed by atoms with Crippen LogP contribution in [0.1, 0.15) is 31.9 Å². The van der Waals surface area contributed by atoms with Crippen LogP contribution in [0.15, 0.2) is 39.9 Å².